The van der Waals surface area contributed by atoms with Crippen LogP contribution >= 0.6 is 0 Å². The molecule has 1 aliphatic heterocycles. The third-order valence-electron chi connectivity index (χ3n) is 4.91. The van der Waals surface area contributed by atoms with Gasteiger partial charge < -0.3 is 15.4 Å². The fourth-order valence-corrected chi connectivity index (χ4v) is 3.62. The highest BCUT2D eigenvalue weighted by atomic mass is 16.5. The quantitative estimate of drug-likeness (QED) is 0.809. The second kappa shape index (κ2) is 4.82. The summed E-state index contributed by atoms with van der Waals surface area (Å²) in [7, 11) is 0. The number of rotatable bonds is 2. The van der Waals surface area contributed by atoms with Gasteiger partial charge in [0.25, 0.3) is 0 Å². The lowest BCUT2D eigenvalue weighted by Gasteiger charge is -2.46. The Morgan fingerprint density at radius 2 is 2.06 bits per heavy atom. The van der Waals surface area contributed by atoms with Crippen LogP contribution in [0.5, 0.6) is 0 Å². The topological polar surface area (TPSA) is 55.6 Å². The van der Waals surface area contributed by atoms with E-state index in [1.165, 1.54) is 19.3 Å². The Kier molecular flexibility index (Phi) is 3.32. The van der Waals surface area contributed by atoms with E-state index < -0.39 is 0 Å². The molecule has 2 atom stereocenters. The highest BCUT2D eigenvalue weighted by Gasteiger charge is 2.40. The van der Waals surface area contributed by atoms with Crippen molar-refractivity contribution in [2.75, 3.05) is 13.2 Å². The molecule has 18 heavy (non-hydrogen) atoms. The minimum atomic E-state index is -0.195. The number of carbonyl (C=O) groups is 1. The van der Waals surface area contributed by atoms with E-state index >= 15 is 0 Å². The standard InChI is InChI=1S/C14H24N2O2/c15-14(6-3-7-14)10-13(17)16-8-9-18-12-5-2-1-4-11(12)16/h11-12H,1-10,15H2. The van der Waals surface area contributed by atoms with E-state index in [9.17, 15) is 4.79 Å². The molecular formula is C14H24N2O2. The van der Waals surface area contributed by atoms with Crippen molar-refractivity contribution in [3.8, 4) is 0 Å². The van der Waals surface area contributed by atoms with Gasteiger partial charge in [0, 0.05) is 18.5 Å². The summed E-state index contributed by atoms with van der Waals surface area (Å²) in [5.74, 6) is 0.261. The summed E-state index contributed by atoms with van der Waals surface area (Å²) in [5.41, 5.74) is 6.00. The molecule has 102 valence electrons. The number of carbonyl (C=O) groups excluding carboxylic acids is 1. The van der Waals surface area contributed by atoms with Gasteiger partial charge in [0.2, 0.25) is 5.91 Å². The molecule has 4 nitrogen and oxygen atoms in total. The predicted octanol–water partition coefficient (Wildman–Crippen LogP) is 1.43. The highest BCUT2D eigenvalue weighted by molar-refractivity contribution is 5.78. The summed E-state index contributed by atoms with van der Waals surface area (Å²) in [4.78, 5) is 14.5. The van der Waals surface area contributed by atoms with E-state index in [2.05, 4.69) is 4.90 Å². The Morgan fingerprint density at radius 3 is 2.78 bits per heavy atom. The molecule has 4 heteroatoms. The second-order valence-electron chi connectivity index (χ2n) is 6.24. The van der Waals surface area contributed by atoms with Crippen molar-refractivity contribution in [1.82, 2.24) is 4.90 Å². The summed E-state index contributed by atoms with van der Waals surface area (Å²) < 4.78 is 5.81. The molecule has 1 heterocycles. The maximum absolute atomic E-state index is 12.5. The lowest BCUT2D eigenvalue weighted by molar-refractivity contribution is -0.151. The molecule has 2 saturated carbocycles. The first-order valence-corrected chi connectivity index (χ1v) is 7.38. The van der Waals surface area contributed by atoms with Gasteiger partial charge in [0.1, 0.15) is 0 Å². The second-order valence-corrected chi connectivity index (χ2v) is 6.24. The van der Waals surface area contributed by atoms with Gasteiger partial charge in [-0.25, -0.2) is 0 Å². The van der Waals surface area contributed by atoms with Gasteiger partial charge in [-0.3, -0.25) is 4.79 Å². The van der Waals surface area contributed by atoms with E-state index in [1.54, 1.807) is 0 Å². The number of fused-ring (bicyclic) bond motifs is 1. The van der Waals surface area contributed by atoms with Crippen LogP contribution in [0.3, 0.4) is 0 Å². The molecule has 3 fully saturated rings. The zero-order chi connectivity index (χ0) is 12.6. The Bertz CT molecular complexity index is 326. The largest absolute Gasteiger partial charge is 0.374 e. The van der Waals surface area contributed by atoms with Crippen LogP contribution in [0.25, 0.3) is 0 Å². The maximum atomic E-state index is 12.5. The highest BCUT2D eigenvalue weighted by Crippen LogP contribution is 2.34. The van der Waals surface area contributed by atoms with Gasteiger partial charge in [-0.2, -0.15) is 0 Å². The number of nitrogens with zero attached hydrogens (tertiary/aromatic N) is 1. The molecule has 2 aliphatic carbocycles. The fourth-order valence-electron chi connectivity index (χ4n) is 3.62. The summed E-state index contributed by atoms with van der Waals surface area (Å²) in [6, 6.07) is 0.323. The number of morpholine rings is 1. The van der Waals surface area contributed by atoms with Crippen molar-refractivity contribution in [3.63, 3.8) is 0 Å². The van der Waals surface area contributed by atoms with E-state index in [1.807, 2.05) is 0 Å². The van der Waals surface area contributed by atoms with Crippen molar-refractivity contribution in [3.05, 3.63) is 0 Å². The molecule has 3 rings (SSSR count). The molecule has 2 N–H and O–H groups in total. The van der Waals surface area contributed by atoms with Gasteiger partial charge in [-0.05, 0) is 32.1 Å². The first-order valence-electron chi connectivity index (χ1n) is 7.38. The molecule has 1 saturated heterocycles. The summed E-state index contributed by atoms with van der Waals surface area (Å²) >= 11 is 0. The SMILES string of the molecule is NC1(CC(=O)N2CCOC3CCCCC32)CCC1. The zero-order valence-electron chi connectivity index (χ0n) is 11.1. The van der Waals surface area contributed by atoms with Crippen LogP contribution in [0.4, 0.5) is 0 Å². The normalized spacial score (nSPS) is 34.6. The number of ether oxygens (including phenoxy) is 1. The Balaban J connectivity index is 1.64. The molecule has 1 amide bonds. The van der Waals surface area contributed by atoms with Gasteiger partial charge in [0.05, 0.1) is 18.8 Å². The average Bonchev–Trinajstić information content (AvgIpc) is 2.36. The van der Waals surface area contributed by atoms with Crippen LogP contribution in [-0.4, -0.2) is 41.6 Å². The van der Waals surface area contributed by atoms with Crippen molar-refractivity contribution in [2.45, 2.75) is 69.1 Å². The van der Waals surface area contributed by atoms with Crippen LogP contribution in [0, 0.1) is 0 Å². The van der Waals surface area contributed by atoms with Crippen molar-refractivity contribution >= 4 is 5.91 Å². The minimum absolute atomic E-state index is 0.195. The van der Waals surface area contributed by atoms with E-state index in [0.29, 0.717) is 19.1 Å². The number of hydrogen-bond acceptors (Lipinski definition) is 3. The van der Waals surface area contributed by atoms with Crippen LogP contribution < -0.4 is 5.73 Å². The lowest BCUT2D eigenvalue weighted by Crippen LogP contribution is -2.58. The molecule has 2 unspecified atom stereocenters. The minimum Gasteiger partial charge on any atom is -0.374 e. The van der Waals surface area contributed by atoms with Gasteiger partial charge in [0.15, 0.2) is 0 Å². The summed E-state index contributed by atoms with van der Waals surface area (Å²) in [6.45, 7) is 1.46. The Hall–Kier alpha value is -0.610. The lowest BCUT2D eigenvalue weighted by atomic mass is 9.75. The Morgan fingerprint density at radius 1 is 1.28 bits per heavy atom. The molecule has 3 aliphatic rings. The van der Waals surface area contributed by atoms with Crippen LogP contribution in [0.1, 0.15) is 51.4 Å². The zero-order valence-corrected chi connectivity index (χ0v) is 11.1. The molecule has 0 aromatic carbocycles. The van der Waals surface area contributed by atoms with E-state index in [0.717, 1.165) is 32.2 Å². The molecule has 0 radical (unpaired) electrons. The van der Waals surface area contributed by atoms with Crippen LogP contribution in [-0.2, 0) is 9.53 Å². The smallest absolute Gasteiger partial charge is 0.224 e. The van der Waals surface area contributed by atoms with Crippen molar-refractivity contribution in [2.24, 2.45) is 5.73 Å². The molecular weight excluding hydrogens is 228 g/mol. The number of nitrogens with two attached hydrogens (primary N) is 1. The molecule has 0 bridgehead atoms. The first kappa shape index (κ1) is 12.4. The third kappa shape index (κ3) is 2.28. The van der Waals surface area contributed by atoms with Gasteiger partial charge in [-0.1, -0.05) is 12.8 Å². The fraction of sp³-hybridized carbons (Fsp3) is 0.929. The van der Waals surface area contributed by atoms with E-state index in [-0.39, 0.29) is 17.6 Å². The first-order chi connectivity index (χ1) is 8.68. The van der Waals surface area contributed by atoms with Gasteiger partial charge in [-0.15, -0.1) is 0 Å². The van der Waals surface area contributed by atoms with Crippen LogP contribution in [0.15, 0.2) is 0 Å². The monoisotopic (exact) mass is 252 g/mol. The number of hydrogen-bond donors (Lipinski definition) is 1. The molecule has 0 aromatic heterocycles. The van der Waals surface area contributed by atoms with Crippen LogP contribution in [0.2, 0.25) is 0 Å². The van der Waals surface area contributed by atoms with Gasteiger partial charge >= 0.3 is 0 Å². The van der Waals surface area contributed by atoms with Crippen molar-refractivity contribution < 1.29 is 9.53 Å². The Labute approximate surface area is 109 Å². The average molecular weight is 252 g/mol. The predicted molar refractivity (Wildman–Crippen MR) is 69.1 cm³/mol. The summed E-state index contributed by atoms with van der Waals surface area (Å²) in [6.07, 6.45) is 8.71. The summed E-state index contributed by atoms with van der Waals surface area (Å²) in [5, 5.41) is 0. The number of amides is 1. The maximum Gasteiger partial charge on any atom is 0.224 e. The third-order valence-corrected chi connectivity index (χ3v) is 4.91. The van der Waals surface area contributed by atoms with Crippen molar-refractivity contribution in [1.29, 1.82) is 0 Å². The molecule has 0 aromatic rings. The van der Waals surface area contributed by atoms with E-state index in [4.69, 9.17) is 10.5 Å². The molecule has 0 spiro atoms.